The lowest BCUT2D eigenvalue weighted by atomic mass is 9.81. The fraction of sp³-hybridized carbons (Fsp3) is 0.491. The van der Waals surface area contributed by atoms with Crippen molar-refractivity contribution < 1.29 is 62.1 Å². The summed E-state index contributed by atoms with van der Waals surface area (Å²) in [4.78, 5) is 136. The number of nitrogens with zero attached hydrogens (tertiary/aromatic N) is 3. The van der Waals surface area contributed by atoms with E-state index in [2.05, 4.69) is 26.6 Å². The summed E-state index contributed by atoms with van der Waals surface area (Å²) in [5.74, 6) is -4.84. The molecule has 0 spiro atoms. The average Bonchev–Trinajstić information content (AvgIpc) is 4.29. The molecular weight excluding hydrogens is 1020 g/mol. The number of fused-ring (bicyclic) bond motifs is 5. The highest BCUT2D eigenvalue weighted by Gasteiger charge is 2.51. The predicted octanol–water partition coefficient (Wildman–Crippen LogP) is 2.77. The lowest BCUT2D eigenvalue weighted by Crippen LogP contribution is -2.48. The highest BCUT2D eigenvalue weighted by Crippen LogP contribution is 2.49. The predicted molar refractivity (Wildman–Crippen MR) is 280 cm³/mol. The van der Waals surface area contributed by atoms with Gasteiger partial charge in [-0.05, 0) is 86.6 Å². The molecule has 5 heterocycles. The Morgan fingerprint density at radius 1 is 0.899 bits per heavy atom. The molecule has 2 fully saturated rings. The number of cyclic esters (lactones) is 1. The Kier molecular flexibility index (Phi) is 16.5. The molecule has 0 radical (unpaired) electrons. The van der Waals surface area contributed by atoms with E-state index in [1.54, 1.807) is 57.2 Å². The van der Waals surface area contributed by atoms with E-state index < -0.39 is 70.5 Å². The Labute approximate surface area is 454 Å². The molecule has 0 bridgehead atoms. The third kappa shape index (κ3) is 11.7. The number of benzene rings is 2. The Hall–Kier alpha value is -7.72. The number of unbranched alkanes of at least 4 members (excludes halogenated alkanes) is 2. The van der Waals surface area contributed by atoms with Crippen LogP contribution in [0.2, 0.25) is 0 Å². The molecule has 22 heteroatoms. The van der Waals surface area contributed by atoms with Crippen LogP contribution in [0.4, 0.5) is 4.39 Å². The number of esters is 1. The molecule has 21 nitrogen and oxygen atoms in total. The fourth-order valence-corrected chi connectivity index (χ4v) is 11.1. The van der Waals surface area contributed by atoms with Crippen LogP contribution >= 0.6 is 0 Å². The van der Waals surface area contributed by atoms with Gasteiger partial charge in [0.05, 0.1) is 66.2 Å². The molecule has 1 unspecified atom stereocenters. The zero-order chi connectivity index (χ0) is 56.3. The number of aryl methyl sites for hydroxylation is 1. The van der Waals surface area contributed by atoms with Crippen molar-refractivity contribution >= 4 is 64.0 Å². The van der Waals surface area contributed by atoms with Crippen LogP contribution in [0.25, 0.3) is 22.3 Å². The lowest BCUT2D eigenvalue weighted by Gasteiger charge is -2.31. The molecule has 6 N–H and O–H groups in total. The summed E-state index contributed by atoms with van der Waals surface area (Å²) >= 11 is 0. The molecule has 3 aliphatic heterocycles. The Morgan fingerprint density at radius 3 is 2.35 bits per heavy atom. The van der Waals surface area contributed by atoms with Crippen LogP contribution in [0.5, 0.6) is 0 Å². The van der Waals surface area contributed by atoms with Crippen LogP contribution in [-0.2, 0) is 84.2 Å². The molecule has 7 amide bonds. The van der Waals surface area contributed by atoms with E-state index in [0.29, 0.717) is 84.9 Å². The summed E-state index contributed by atoms with van der Waals surface area (Å²) < 4.78 is 28.1. The fourth-order valence-electron chi connectivity index (χ4n) is 11.1. The van der Waals surface area contributed by atoms with Gasteiger partial charge in [0.2, 0.25) is 41.4 Å². The quantitative estimate of drug-likeness (QED) is 0.0224. The molecule has 4 aromatic rings. The van der Waals surface area contributed by atoms with E-state index in [1.807, 2.05) is 0 Å². The van der Waals surface area contributed by atoms with E-state index in [4.69, 9.17) is 14.5 Å². The number of aliphatic hydroxyl groups is 1. The maximum absolute atomic E-state index is 15.5. The van der Waals surface area contributed by atoms with Gasteiger partial charge in [0.25, 0.3) is 5.56 Å². The Bertz CT molecular complexity index is 3230. The van der Waals surface area contributed by atoms with E-state index in [1.165, 1.54) is 15.5 Å². The van der Waals surface area contributed by atoms with Crippen LogP contribution in [0, 0.1) is 24.1 Å². The number of aromatic nitrogens is 2. The van der Waals surface area contributed by atoms with Gasteiger partial charge in [-0.15, -0.1) is 0 Å². The van der Waals surface area contributed by atoms with Crippen LogP contribution in [0.1, 0.15) is 129 Å². The molecule has 5 aliphatic rings. The Balaban J connectivity index is 0.746. The third-order valence-electron chi connectivity index (χ3n) is 16.0. The number of hydrogen-bond acceptors (Lipinski definition) is 14. The average molecular weight is 1090 g/mol. The minimum absolute atomic E-state index is 0.0224. The van der Waals surface area contributed by atoms with Gasteiger partial charge in [-0.2, -0.15) is 0 Å². The zero-order valence-corrected chi connectivity index (χ0v) is 44.5. The van der Waals surface area contributed by atoms with Crippen molar-refractivity contribution in [3.63, 3.8) is 0 Å². The molecule has 418 valence electrons. The van der Waals surface area contributed by atoms with Crippen molar-refractivity contribution in [3.8, 4) is 11.4 Å². The van der Waals surface area contributed by atoms with Crippen molar-refractivity contribution in [3.05, 3.63) is 97.6 Å². The number of imide groups is 1. The minimum atomic E-state index is -2.04. The molecule has 9 rings (SSSR count). The van der Waals surface area contributed by atoms with Crippen molar-refractivity contribution in [2.75, 3.05) is 33.0 Å². The number of ether oxygens (including phenoxy) is 2. The molecule has 1 saturated heterocycles. The number of halogens is 1. The number of ketones is 1. The highest BCUT2D eigenvalue weighted by atomic mass is 19.1. The van der Waals surface area contributed by atoms with Gasteiger partial charge < -0.3 is 45.7 Å². The number of likely N-dealkylation sites (tertiary alicyclic amines) is 1. The molecule has 1 saturated carbocycles. The van der Waals surface area contributed by atoms with Gasteiger partial charge in [-0.1, -0.05) is 50.6 Å². The van der Waals surface area contributed by atoms with Gasteiger partial charge in [0, 0.05) is 60.7 Å². The zero-order valence-electron chi connectivity index (χ0n) is 44.5. The largest absolute Gasteiger partial charge is 0.458 e. The number of pyridine rings is 2. The Morgan fingerprint density at radius 2 is 1.63 bits per heavy atom. The standard InChI is InChI=1S/C57H65FN8O13/c1-4-57(77)37-23-42-51-35(27-66(42)53(74)36(37)28-79-55(57)76)50-39(15-14-34-32(3)38(58)24-41(63-51)49(34)50)64-54(75)56(18-19-56)29-78-30-61-45(69)17-16-43(67)40(22-33-11-7-5-8-12-33)62-47(71)26-60-46(70)25-59-44(68)13-9-6-10-20-65-48(72)21-31(2)52(65)73/h5,7-8,11-12,23-24,31,39-40,77H,4,6,9-10,13-22,25-30H2,1-3H3,(H,59,68)(H,60,70)(H,61,69)(H,62,71)(H,64,75)/t31?,39-,40-,57-/m0/s1. The first kappa shape index (κ1) is 56.0. The number of carbonyl (C=O) groups is 9. The SMILES string of the molecule is CC[C@@]1(O)C(=O)OCc2c1cc1n(c2=O)Cc2c-1nc1cc(F)c(C)c3c1c2[C@@H](NC(=O)C1(COCNC(=O)CCC(=O)[C@H](Cc2ccccc2)NC(=O)CNC(=O)CNC(=O)CCCCCN2C(=O)CC(C)C2=O)CC1)CC3. The normalized spacial score (nSPS) is 19.7. The van der Waals surface area contributed by atoms with Crippen molar-refractivity contribution in [1.82, 2.24) is 41.0 Å². The molecule has 2 aromatic carbocycles. The van der Waals surface area contributed by atoms with Crippen molar-refractivity contribution in [2.45, 2.75) is 135 Å². The second-order valence-corrected chi connectivity index (χ2v) is 21.4. The van der Waals surface area contributed by atoms with E-state index >= 15 is 4.39 Å². The van der Waals surface area contributed by atoms with Crippen molar-refractivity contribution in [1.29, 1.82) is 0 Å². The molecule has 4 atom stereocenters. The lowest BCUT2D eigenvalue weighted by molar-refractivity contribution is -0.172. The van der Waals surface area contributed by atoms with Crippen LogP contribution in [0.15, 0.2) is 47.3 Å². The summed E-state index contributed by atoms with van der Waals surface area (Å²) in [6, 6.07) is 10.3. The van der Waals surface area contributed by atoms with E-state index in [0.717, 1.165) is 16.7 Å². The topological polar surface area (TPSA) is 291 Å². The smallest absolute Gasteiger partial charge is 0.343 e. The summed E-state index contributed by atoms with van der Waals surface area (Å²) in [6.45, 7) is 3.99. The first-order valence-corrected chi connectivity index (χ1v) is 27.0. The minimum Gasteiger partial charge on any atom is -0.458 e. The van der Waals surface area contributed by atoms with Crippen LogP contribution in [0.3, 0.4) is 0 Å². The van der Waals surface area contributed by atoms with Gasteiger partial charge in [-0.3, -0.25) is 48.1 Å². The number of nitrogens with one attached hydrogen (secondary N) is 5. The van der Waals surface area contributed by atoms with E-state index in [-0.39, 0.29) is 112 Å². The maximum atomic E-state index is 15.5. The van der Waals surface area contributed by atoms with E-state index in [9.17, 15) is 53.1 Å². The van der Waals surface area contributed by atoms with Gasteiger partial charge in [0.1, 0.15) is 19.2 Å². The number of rotatable bonds is 24. The van der Waals surface area contributed by atoms with Crippen LogP contribution in [-0.4, -0.2) is 112 Å². The summed E-state index contributed by atoms with van der Waals surface area (Å²) in [7, 11) is 0. The summed E-state index contributed by atoms with van der Waals surface area (Å²) in [6.07, 6.45) is 3.50. The van der Waals surface area contributed by atoms with Gasteiger partial charge >= 0.3 is 5.97 Å². The molecule has 79 heavy (non-hydrogen) atoms. The molecule has 2 aromatic heterocycles. The van der Waals surface area contributed by atoms with Gasteiger partial charge in [0.15, 0.2) is 11.4 Å². The third-order valence-corrected chi connectivity index (χ3v) is 16.0. The second-order valence-electron chi connectivity index (χ2n) is 21.4. The number of carbonyl (C=O) groups excluding carboxylic acids is 9. The second kappa shape index (κ2) is 23.3. The monoisotopic (exact) mass is 1090 g/mol. The number of Topliss-reactive ketones (excluding diaryl/α,β-unsaturated/α-hetero) is 1. The van der Waals surface area contributed by atoms with Crippen LogP contribution < -0.4 is 32.1 Å². The number of hydrogen-bond donors (Lipinski definition) is 6. The number of amides is 7. The summed E-state index contributed by atoms with van der Waals surface area (Å²) in [5, 5.41) is 25.6. The molecular formula is C57H65FN8O13. The highest BCUT2D eigenvalue weighted by molar-refractivity contribution is 6.03. The van der Waals surface area contributed by atoms with Crippen molar-refractivity contribution in [2.24, 2.45) is 11.3 Å². The first-order chi connectivity index (χ1) is 37.8. The first-order valence-electron chi connectivity index (χ1n) is 27.0. The van der Waals surface area contributed by atoms with Gasteiger partial charge in [-0.25, -0.2) is 14.2 Å². The summed E-state index contributed by atoms with van der Waals surface area (Å²) in [5.41, 5.74) is 1.38. The molecule has 2 aliphatic carbocycles. The maximum Gasteiger partial charge on any atom is 0.343 e.